The Morgan fingerprint density at radius 1 is 1.53 bits per heavy atom. The first-order valence-corrected chi connectivity index (χ1v) is 6.15. The number of hydrogen-bond acceptors (Lipinski definition) is 4. The van der Waals surface area contributed by atoms with E-state index in [4.69, 9.17) is 4.74 Å². The van der Waals surface area contributed by atoms with Crippen LogP contribution in [0.3, 0.4) is 0 Å². The van der Waals surface area contributed by atoms with Crippen LogP contribution < -0.4 is 10.6 Å². The van der Waals surface area contributed by atoms with Crippen molar-refractivity contribution in [2.24, 2.45) is 0 Å². The van der Waals surface area contributed by atoms with Crippen molar-refractivity contribution in [3.63, 3.8) is 0 Å². The molecule has 0 radical (unpaired) electrons. The molecule has 1 heterocycles. The number of pyridine rings is 1. The number of nitrogens with zero attached hydrogens (tertiary/aromatic N) is 1. The second kappa shape index (κ2) is 6.47. The topological polar surface area (TPSA) is 63.2 Å². The number of ether oxygens (including phenoxy) is 1. The summed E-state index contributed by atoms with van der Waals surface area (Å²) in [4.78, 5) is 15.8. The molecule has 0 atom stereocenters. The summed E-state index contributed by atoms with van der Waals surface area (Å²) in [5.41, 5.74) is -0.292. The van der Waals surface area contributed by atoms with Crippen LogP contribution in [-0.4, -0.2) is 36.7 Å². The second-order valence-electron chi connectivity index (χ2n) is 4.68. The molecule has 106 valence electrons. The van der Waals surface area contributed by atoms with Crippen molar-refractivity contribution in [3.05, 3.63) is 23.6 Å². The van der Waals surface area contributed by atoms with Crippen LogP contribution in [0.5, 0.6) is 0 Å². The number of amides is 1. The molecule has 0 fully saturated rings. The molecule has 1 aromatic rings. The van der Waals surface area contributed by atoms with Gasteiger partial charge in [0, 0.05) is 20.2 Å². The minimum atomic E-state index is -0.548. The van der Waals surface area contributed by atoms with E-state index >= 15 is 0 Å². The minimum Gasteiger partial charge on any atom is -0.374 e. The van der Waals surface area contributed by atoms with Gasteiger partial charge in [0.2, 0.25) is 0 Å². The number of anilines is 1. The van der Waals surface area contributed by atoms with E-state index in [0.717, 1.165) is 12.3 Å². The van der Waals surface area contributed by atoms with Crippen molar-refractivity contribution >= 4 is 11.7 Å². The van der Waals surface area contributed by atoms with Crippen molar-refractivity contribution < 1.29 is 13.9 Å². The van der Waals surface area contributed by atoms with E-state index in [-0.39, 0.29) is 11.5 Å². The molecule has 0 spiro atoms. The zero-order chi connectivity index (χ0) is 14.5. The molecular formula is C13H20FN3O2. The van der Waals surface area contributed by atoms with Gasteiger partial charge < -0.3 is 15.4 Å². The van der Waals surface area contributed by atoms with Gasteiger partial charge in [0.15, 0.2) is 0 Å². The van der Waals surface area contributed by atoms with E-state index < -0.39 is 11.4 Å². The maximum absolute atomic E-state index is 13.1. The van der Waals surface area contributed by atoms with Crippen molar-refractivity contribution in [2.75, 3.05) is 25.5 Å². The molecule has 1 aromatic heterocycles. The van der Waals surface area contributed by atoms with E-state index in [1.165, 1.54) is 0 Å². The van der Waals surface area contributed by atoms with E-state index in [9.17, 15) is 9.18 Å². The second-order valence-corrected chi connectivity index (χ2v) is 4.68. The van der Waals surface area contributed by atoms with Gasteiger partial charge in [0.1, 0.15) is 11.6 Å². The van der Waals surface area contributed by atoms with Crippen LogP contribution in [0.1, 0.15) is 31.1 Å². The molecule has 19 heavy (non-hydrogen) atoms. The number of rotatable bonds is 6. The summed E-state index contributed by atoms with van der Waals surface area (Å²) in [5, 5.41) is 5.47. The number of nitrogens with one attached hydrogen (secondary N) is 2. The Hall–Kier alpha value is -1.69. The summed E-state index contributed by atoms with van der Waals surface area (Å²) in [5.74, 6) is -0.592. The van der Waals surface area contributed by atoms with Crippen LogP contribution in [0.4, 0.5) is 10.2 Å². The number of hydrogen-bond donors (Lipinski definition) is 2. The molecule has 5 nitrogen and oxygen atoms in total. The van der Waals surface area contributed by atoms with Crippen LogP contribution in [0, 0.1) is 5.82 Å². The number of halogens is 1. The Morgan fingerprint density at radius 3 is 2.79 bits per heavy atom. The standard InChI is InChI=1S/C13H20FN3O2/c1-5-19-13(2,3)8-17-12(18)10-6-9(14)7-16-11(10)15-4/h6-7H,5,8H2,1-4H3,(H,15,16)(H,17,18). The van der Waals surface area contributed by atoms with Gasteiger partial charge in [-0.15, -0.1) is 0 Å². The Bertz CT molecular complexity index is 450. The fourth-order valence-corrected chi connectivity index (χ4v) is 1.64. The van der Waals surface area contributed by atoms with Gasteiger partial charge in [-0.2, -0.15) is 0 Å². The van der Waals surface area contributed by atoms with Gasteiger partial charge in [0.25, 0.3) is 5.91 Å². The van der Waals surface area contributed by atoms with Gasteiger partial charge in [-0.3, -0.25) is 4.79 Å². The fourth-order valence-electron chi connectivity index (χ4n) is 1.64. The lowest BCUT2D eigenvalue weighted by Gasteiger charge is -2.25. The molecule has 0 unspecified atom stereocenters. The average molecular weight is 269 g/mol. The van der Waals surface area contributed by atoms with Crippen LogP contribution in [-0.2, 0) is 4.74 Å². The third-order valence-corrected chi connectivity index (χ3v) is 2.55. The number of carbonyl (C=O) groups is 1. The largest absolute Gasteiger partial charge is 0.374 e. The summed E-state index contributed by atoms with van der Waals surface area (Å²) in [6.45, 7) is 6.53. The lowest BCUT2D eigenvalue weighted by atomic mass is 10.1. The molecule has 1 amide bonds. The monoisotopic (exact) mass is 269 g/mol. The van der Waals surface area contributed by atoms with Crippen LogP contribution in [0.25, 0.3) is 0 Å². The minimum absolute atomic E-state index is 0.176. The average Bonchev–Trinajstić information content (AvgIpc) is 2.36. The summed E-state index contributed by atoms with van der Waals surface area (Å²) in [6, 6.07) is 1.15. The van der Waals surface area contributed by atoms with Crippen molar-refractivity contribution in [3.8, 4) is 0 Å². The lowest BCUT2D eigenvalue weighted by molar-refractivity contribution is -0.00815. The van der Waals surface area contributed by atoms with Gasteiger partial charge in [-0.25, -0.2) is 9.37 Å². The maximum atomic E-state index is 13.1. The van der Waals surface area contributed by atoms with E-state index in [0.29, 0.717) is 19.0 Å². The van der Waals surface area contributed by atoms with Crippen molar-refractivity contribution in [1.82, 2.24) is 10.3 Å². The Balaban J connectivity index is 2.76. The van der Waals surface area contributed by atoms with Crippen LogP contribution in [0.2, 0.25) is 0 Å². The molecule has 6 heteroatoms. The molecule has 0 saturated heterocycles. The Labute approximate surface area is 112 Å². The normalized spacial score (nSPS) is 11.2. The molecular weight excluding hydrogens is 249 g/mol. The Kier molecular flexibility index (Phi) is 5.23. The first-order chi connectivity index (χ1) is 8.89. The molecule has 1 rings (SSSR count). The molecule has 0 aromatic carbocycles. The van der Waals surface area contributed by atoms with E-state index in [2.05, 4.69) is 15.6 Å². The smallest absolute Gasteiger partial charge is 0.255 e. The SMILES string of the molecule is CCOC(C)(C)CNC(=O)c1cc(F)cnc1NC. The van der Waals surface area contributed by atoms with Crippen LogP contribution >= 0.6 is 0 Å². The van der Waals surface area contributed by atoms with Gasteiger partial charge in [-0.05, 0) is 26.8 Å². The zero-order valence-corrected chi connectivity index (χ0v) is 11.7. The quantitative estimate of drug-likeness (QED) is 0.826. The van der Waals surface area contributed by atoms with E-state index in [1.54, 1.807) is 7.05 Å². The third kappa shape index (κ3) is 4.48. The summed E-state index contributed by atoms with van der Waals surface area (Å²) in [6.07, 6.45) is 1.06. The first kappa shape index (κ1) is 15.4. The summed E-state index contributed by atoms with van der Waals surface area (Å²) in [7, 11) is 1.63. The fraction of sp³-hybridized carbons (Fsp3) is 0.538. The zero-order valence-electron chi connectivity index (χ0n) is 11.7. The highest BCUT2D eigenvalue weighted by Crippen LogP contribution is 2.14. The molecule has 2 N–H and O–H groups in total. The number of aromatic nitrogens is 1. The summed E-state index contributed by atoms with van der Waals surface area (Å²) >= 11 is 0. The molecule has 0 aliphatic heterocycles. The van der Waals surface area contributed by atoms with E-state index in [1.807, 2.05) is 20.8 Å². The molecule has 0 aliphatic rings. The third-order valence-electron chi connectivity index (χ3n) is 2.55. The first-order valence-electron chi connectivity index (χ1n) is 6.15. The summed E-state index contributed by atoms with van der Waals surface area (Å²) < 4.78 is 18.6. The highest BCUT2D eigenvalue weighted by molar-refractivity contribution is 5.98. The maximum Gasteiger partial charge on any atom is 0.255 e. The lowest BCUT2D eigenvalue weighted by Crippen LogP contribution is -2.40. The highest BCUT2D eigenvalue weighted by atomic mass is 19.1. The molecule has 0 bridgehead atoms. The van der Waals surface area contributed by atoms with Gasteiger partial charge in [-0.1, -0.05) is 0 Å². The van der Waals surface area contributed by atoms with Gasteiger partial charge >= 0.3 is 0 Å². The molecule has 0 aliphatic carbocycles. The Morgan fingerprint density at radius 2 is 2.21 bits per heavy atom. The number of carbonyl (C=O) groups excluding carboxylic acids is 1. The predicted octanol–water partition coefficient (Wildman–Crippen LogP) is 1.81. The van der Waals surface area contributed by atoms with Crippen molar-refractivity contribution in [2.45, 2.75) is 26.4 Å². The van der Waals surface area contributed by atoms with Crippen LogP contribution in [0.15, 0.2) is 12.3 Å². The highest BCUT2D eigenvalue weighted by Gasteiger charge is 2.20. The molecule has 0 saturated carbocycles. The van der Waals surface area contributed by atoms with Crippen molar-refractivity contribution in [1.29, 1.82) is 0 Å². The predicted molar refractivity (Wildman–Crippen MR) is 71.8 cm³/mol. The van der Waals surface area contributed by atoms with Gasteiger partial charge in [0.05, 0.1) is 17.4 Å².